The maximum absolute atomic E-state index is 3.59. The Morgan fingerprint density at radius 1 is 1.31 bits per heavy atom. The van der Waals surface area contributed by atoms with E-state index in [1.54, 1.807) is 0 Å². The first-order chi connectivity index (χ1) is 6.31. The zero-order valence-electron chi connectivity index (χ0n) is 7.86. The van der Waals surface area contributed by atoms with Crippen LogP contribution in [0.3, 0.4) is 0 Å². The quantitative estimate of drug-likeness (QED) is 0.835. The fraction of sp³-hybridized carbons (Fsp3) is 0.455. The summed E-state index contributed by atoms with van der Waals surface area (Å²) < 4.78 is 1.20. The van der Waals surface area contributed by atoms with Crippen molar-refractivity contribution in [2.45, 2.75) is 26.2 Å². The second-order valence-electron chi connectivity index (χ2n) is 3.48. The number of anilines is 1. The lowest BCUT2D eigenvalue weighted by Crippen LogP contribution is -1.98. The van der Waals surface area contributed by atoms with Gasteiger partial charge in [-0.15, -0.1) is 0 Å². The summed E-state index contributed by atoms with van der Waals surface area (Å²) in [6.45, 7) is 3.11. The van der Waals surface area contributed by atoms with Gasteiger partial charge in [-0.05, 0) is 65.4 Å². The molecule has 1 aliphatic rings. The Balaban J connectivity index is 2.37. The first kappa shape index (κ1) is 9.07. The average molecular weight is 240 g/mol. The molecule has 1 N–H and O–H groups in total. The molecule has 0 fully saturated rings. The second kappa shape index (κ2) is 3.70. The third-order valence-electron chi connectivity index (χ3n) is 2.55. The van der Waals surface area contributed by atoms with Gasteiger partial charge in [-0.2, -0.15) is 0 Å². The highest BCUT2D eigenvalue weighted by Crippen LogP contribution is 2.31. The van der Waals surface area contributed by atoms with Crippen LogP contribution in [0.2, 0.25) is 0 Å². The van der Waals surface area contributed by atoms with E-state index in [2.05, 4.69) is 40.3 Å². The first-order valence-electron chi connectivity index (χ1n) is 4.86. The molecule has 0 amide bonds. The standard InChI is InChI=1S/C11H14BrN/c1-2-13-11-7-9-5-3-4-8(9)6-10(11)12/h6-7,13H,2-5H2,1H3. The highest BCUT2D eigenvalue weighted by atomic mass is 79.9. The van der Waals surface area contributed by atoms with Crippen molar-refractivity contribution in [2.24, 2.45) is 0 Å². The van der Waals surface area contributed by atoms with Crippen LogP contribution in [-0.4, -0.2) is 6.54 Å². The molecule has 0 aromatic heterocycles. The van der Waals surface area contributed by atoms with E-state index in [1.165, 1.54) is 40.5 Å². The summed E-state index contributed by atoms with van der Waals surface area (Å²) in [6.07, 6.45) is 3.82. The van der Waals surface area contributed by atoms with Crippen molar-refractivity contribution in [3.8, 4) is 0 Å². The number of halogens is 1. The minimum Gasteiger partial charge on any atom is -0.384 e. The molecule has 0 saturated carbocycles. The van der Waals surface area contributed by atoms with Gasteiger partial charge < -0.3 is 5.32 Å². The van der Waals surface area contributed by atoms with Crippen molar-refractivity contribution >= 4 is 21.6 Å². The van der Waals surface area contributed by atoms with Crippen LogP contribution in [0.1, 0.15) is 24.5 Å². The van der Waals surface area contributed by atoms with E-state index in [4.69, 9.17) is 0 Å². The molecule has 0 heterocycles. The summed E-state index contributed by atoms with van der Waals surface area (Å²) in [5.41, 5.74) is 4.29. The van der Waals surface area contributed by atoms with Gasteiger partial charge in [0.2, 0.25) is 0 Å². The van der Waals surface area contributed by atoms with E-state index in [0.717, 1.165) is 6.54 Å². The largest absolute Gasteiger partial charge is 0.384 e. The van der Waals surface area contributed by atoms with E-state index in [9.17, 15) is 0 Å². The lowest BCUT2D eigenvalue weighted by Gasteiger charge is -2.08. The normalized spacial score (nSPS) is 14.3. The molecule has 13 heavy (non-hydrogen) atoms. The predicted octanol–water partition coefficient (Wildman–Crippen LogP) is 3.37. The van der Waals surface area contributed by atoms with Gasteiger partial charge in [0.1, 0.15) is 0 Å². The predicted molar refractivity (Wildman–Crippen MR) is 60.3 cm³/mol. The van der Waals surface area contributed by atoms with Gasteiger partial charge in [-0.1, -0.05) is 0 Å². The Bertz CT molecular complexity index is 320. The van der Waals surface area contributed by atoms with E-state index in [0.29, 0.717) is 0 Å². The Kier molecular flexibility index (Phi) is 2.58. The SMILES string of the molecule is CCNc1cc2c(cc1Br)CCC2. The van der Waals surface area contributed by atoms with Crippen molar-refractivity contribution in [3.63, 3.8) is 0 Å². The maximum Gasteiger partial charge on any atom is 0.0487 e. The van der Waals surface area contributed by atoms with Crippen LogP contribution >= 0.6 is 15.9 Å². The number of fused-ring (bicyclic) bond motifs is 1. The monoisotopic (exact) mass is 239 g/mol. The molecule has 0 spiro atoms. The summed E-state index contributed by atoms with van der Waals surface area (Å²) in [5, 5.41) is 3.36. The van der Waals surface area contributed by atoms with Gasteiger partial charge in [0.05, 0.1) is 0 Å². The van der Waals surface area contributed by atoms with Crippen LogP contribution in [-0.2, 0) is 12.8 Å². The smallest absolute Gasteiger partial charge is 0.0487 e. The molecule has 0 saturated heterocycles. The molecule has 2 heteroatoms. The van der Waals surface area contributed by atoms with Gasteiger partial charge in [0, 0.05) is 16.7 Å². The lowest BCUT2D eigenvalue weighted by molar-refractivity contribution is 0.911. The number of hydrogen-bond donors (Lipinski definition) is 1. The Morgan fingerprint density at radius 3 is 2.69 bits per heavy atom. The van der Waals surface area contributed by atoms with Crippen molar-refractivity contribution < 1.29 is 0 Å². The minimum absolute atomic E-state index is 0.984. The van der Waals surface area contributed by atoms with Gasteiger partial charge in [0.25, 0.3) is 0 Å². The third kappa shape index (κ3) is 1.73. The Morgan fingerprint density at radius 2 is 2.00 bits per heavy atom. The Hall–Kier alpha value is -0.500. The van der Waals surface area contributed by atoms with Crippen molar-refractivity contribution in [3.05, 3.63) is 27.7 Å². The van der Waals surface area contributed by atoms with Crippen molar-refractivity contribution in [2.75, 3.05) is 11.9 Å². The van der Waals surface area contributed by atoms with Crippen LogP contribution < -0.4 is 5.32 Å². The zero-order valence-corrected chi connectivity index (χ0v) is 9.45. The van der Waals surface area contributed by atoms with Crippen LogP contribution in [0.5, 0.6) is 0 Å². The molecule has 0 aliphatic heterocycles. The molecule has 1 aromatic carbocycles. The Labute approximate surface area is 87.7 Å². The van der Waals surface area contributed by atoms with Crippen LogP contribution in [0.4, 0.5) is 5.69 Å². The van der Waals surface area contributed by atoms with Gasteiger partial charge >= 0.3 is 0 Å². The highest BCUT2D eigenvalue weighted by Gasteiger charge is 2.12. The number of rotatable bonds is 2. The van der Waals surface area contributed by atoms with Crippen LogP contribution in [0.15, 0.2) is 16.6 Å². The zero-order chi connectivity index (χ0) is 9.26. The number of hydrogen-bond acceptors (Lipinski definition) is 1. The first-order valence-corrected chi connectivity index (χ1v) is 5.65. The highest BCUT2D eigenvalue weighted by molar-refractivity contribution is 9.10. The van der Waals surface area contributed by atoms with Crippen LogP contribution in [0.25, 0.3) is 0 Å². The molecule has 1 aromatic rings. The third-order valence-corrected chi connectivity index (χ3v) is 3.20. The van der Waals surface area contributed by atoms with Crippen LogP contribution in [0, 0.1) is 0 Å². The molecule has 1 aliphatic carbocycles. The number of aryl methyl sites for hydroxylation is 2. The van der Waals surface area contributed by atoms with E-state index < -0.39 is 0 Å². The van der Waals surface area contributed by atoms with E-state index in [1.807, 2.05) is 0 Å². The summed E-state index contributed by atoms with van der Waals surface area (Å²) in [7, 11) is 0. The molecular weight excluding hydrogens is 226 g/mol. The molecule has 0 radical (unpaired) electrons. The molecular formula is C11H14BrN. The fourth-order valence-electron chi connectivity index (χ4n) is 1.92. The molecule has 1 nitrogen and oxygen atoms in total. The molecule has 70 valence electrons. The molecule has 0 bridgehead atoms. The number of nitrogens with one attached hydrogen (secondary N) is 1. The van der Waals surface area contributed by atoms with Gasteiger partial charge in [0.15, 0.2) is 0 Å². The topological polar surface area (TPSA) is 12.0 Å². The van der Waals surface area contributed by atoms with Gasteiger partial charge in [-0.25, -0.2) is 0 Å². The van der Waals surface area contributed by atoms with Gasteiger partial charge in [-0.3, -0.25) is 0 Å². The summed E-state index contributed by atoms with van der Waals surface area (Å²) >= 11 is 3.59. The number of benzene rings is 1. The summed E-state index contributed by atoms with van der Waals surface area (Å²) in [5.74, 6) is 0. The summed E-state index contributed by atoms with van der Waals surface area (Å²) in [6, 6.07) is 4.55. The fourth-order valence-corrected chi connectivity index (χ4v) is 2.45. The second-order valence-corrected chi connectivity index (χ2v) is 4.34. The minimum atomic E-state index is 0.984. The summed E-state index contributed by atoms with van der Waals surface area (Å²) in [4.78, 5) is 0. The lowest BCUT2D eigenvalue weighted by atomic mass is 10.1. The van der Waals surface area contributed by atoms with Crippen molar-refractivity contribution in [1.29, 1.82) is 0 Å². The molecule has 0 atom stereocenters. The molecule has 0 unspecified atom stereocenters. The van der Waals surface area contributed by atoms with E-state index in [-0.39, 0.29) is 0 Å². The maximum atomic E-state index is 3.59. The van der Waals surface area contributed by atoms with E-state index >= 15 is 0 Å². The average Bonchev–Trinajstić information content (AvgIpc) is 2.52. The molecule has 2 rings (SSSR count). The van der Waals surface area contributed by atoms with Crippen molar-refractivity contribution in [1.82, 2.24) is 0 Å².